The molecule has 1 saturated carbocycles. The highest BCUT2D eigenvalue weighted by Crippen LogP contribution is 2.45. The molecular formula is C16H32O2. The molecule has 0 N–H and O–H groups in total. The van der Waals surface area contributed by atoms with Crippen molar-refractivity contribution in [1.82, 2.24) is 0 Å². The van der Waals surface area contributed by atoms with E-state index in [0.717, 1.165) is 19.6 Å². The van der Waals surface area contributed by atoms with Gasteiger partial charge in [0.25, 0.3) is 0 Å². The van der Waals surface area contributed by atoms with Gasteiger partial charge < -0.3 is 9.47 Å². The van der Waals surface area contributed by atoms with Crippen molar-refractivity contribution >= 4 is 0 Å². The second kappa shape index (κ2) is 5.92. The molecule has 0 radical (unpaired) electrons. The molecule has 0 aliphatic heterocycles. The lowest BCUT2D eigenvalue weighted by molar-refractivity contribution is -0.0864. The van der Waals surface area contributed by atoms with Gasteiger partial charge in [-0.15, -0.1) is 0 Å². The zero-order valence-corrected chi connectivity index (χ0v) is 13.3. The molecule has 0 amide bonds. The number of hydrogen-bond donors (Lipinski definition) is 0. The maximum absolute atomic E-state index is 5.99. The SMILES string of the molecule is CC(C)(C)OCCCC1(COC(C)(C)C)CCC1. The van der Waals surface area contributed by atoms with Crippen molar-refractivity contribution in [2.45, 2.75) is 84.8 Å². The largest absolute Gasteiger partial charge is 0.376 e. The van der Waals surface area contributed by atoms with Crippen LogP contribution in [-0.4, -0.2) is 24.4 Å². The van der Waals surface area contributed by atoms with E-state index >= 15 is 0 Å². The third kappa shape index (κ3) is 6.19. The standard InChI is InChI=1S/C16H32O2/c1-14(2,3)17-12-8-11-16(9-7-10-16)13-18-15(4,5)6/h7-13H2,1-6H3. The first-order chi connectivity index (χ1) is 8.12. The molecule has 0 heterocycles. The first kappa shape index (κ1) is 16.0. The van der Waals surface area contributed by atoms with E-state index in [1.165, 1.54) is 25.7 Å². The summed E-state index contributed by atoms with van der Waals surface area (Å²) in [6, 6.07) is 0. The number of hydrogen-bond acceptors (Lipinski definition) is 2. The molecule has 108 valence electrons. The van der Waals surface area contributed by atoms with Crippen molar-refractivity contribution < 1.29 is 9.47 Å². The molecule has 2 heteroatoms. The van der Waals surface area contributed by atoms with E-state index in [1.54, 1.807) is 0 Å². The maximum atomic E-state index is 5.99. The fourth-order valence-electron chi connectivity index (χ4n) is 2.34. The van der Waals surface area contributed by atoms with Gasteiger partial charge in [0.2, 0.25) is 0 Å². The van der Waals surface area contributed by atoms with Crippen LogP contribution in [-0.2, 0) is 9.47 Å². The van der Waals surface area contributed by atoms with Gasteiger partial charge in [-0.25, -0.2) is 0 Å². The van der Waals surface area contributed by atoms with Crippen LogP contribution in [0.2, 0.25) is 0 Å². The van der Waals surface area contributed by atoms with Gasteiger partial charge in [-0.05, 0) is 72.6 Å². The summed E-state index contributed by atoms with van der Waals surface area (Å²) in [5, 5.41) is 0. The van der Waals surface area contributed by atoms with Gasteiger partial charge in [0.1, 0.15) is 0 Å². The number of ether oxygens (including phenoxy) is 2. The Hall–Kier alpha value is -0.0800. The summed E-state index contributed by atoms with van der Waals surface area (Å²) >= 11 is 0. The molecule has 1 fully saturated rings. The quantitative estimate of drug-likeness (QED) is 0.648. The third-order valence-electron chi connectivity index (χ3n) is 3.61. The Morgan fingerprint density at radius 1 is 0.889 bits per heavy atom. The van der Waals surface area contributed by atoms with E-state index in [9.17, 15) is 0 Å². The van der Waals surface area contributed by atoms with E-state index in [4.69, 9.17) is 9.47 Å². The van der Waals surface area contributed by atoms with E-state index in [-0.39, 0.29) is 11.2 Å². The normalized spacial score (nSPS) is 19.7. The van der Waals surface area contributed by atoms with Crippen LogP contribution in [0.25, 0.3) is 0 Å². The van der Waals surface area contributed by atoms with Crippen LogP contribution >= 0.6 is 0 Å². The minimum Gasteiger partial charge on any atom is -0.376 e. The molecule has 0 saturated heterocycles. The van der Waals surface area contributed by atoms with Crippen LogP contribution < -0.4 is 0 Å². The van der Waals surface area contributed by atoms with Crippen molar-refractivity contribution in [3.8, 4) is 0 Å². The highest BCUT2D eigenvalue weighted by Gasteiger charge is 2.37. The Labute approximate surface area is 113 Å². The Balaban J connectivity index is 2.24. The zero-order chi connectivity index (χ0) is 13.9. The first-order valence-corrected chi connectivity index (χ1v) is 7.40. The van der Waals surface area contributed by atoms with E-state index < -0.39 is 0 Å². The van der Waals surface area contributed by atoms with Crippen molar-refractivity contribution in [2.24, 2.45) is 5.41 Å². The third-order valence-corrected chi connectivity index (χ3v) is 3.61. The van der Waals surface area contributed by atoms with Crippen LogP contribution in [0.4, 0.5) is 0 Å². The Morgan fingerprint density at radius 2 is 1.44 bits per heavy atom. The summed E-state index contributed by atoms with van der Waals surface area (Å²) in [4.78, 5) is 0. The molecule has 2 nitrogen and oxygen atoms in total. The van der Waals surface area contributed by atoms with Crippen molar-refractivity contribution in [3.63, 3.8) is 0 Å². The molecule has 0 aromatic heterocycles. The second-order valence-electron chi connectivity index (χ2n) is 7.82. The lowest BCUT2D eigenvalue weighted by atomic mass is 9.66. The molecule has 1 aliphatic carbocycles. The molecule has 0 bridgehead atoms. The van der Waals surface area contributed by atoms with Crippen molar-refractivity contribution in [2.75, 3.05) is 13.2 Å². The molecule has 1 rings (SSSR count). The Kier molecular flexibility index (Phi) is 5.25. The Bertz CT molecular complexity index is 241. The average Bonchev–Trinajstić information content (AvgIpc) is 2.11. The predicted molar refractivity (Wildman–Crippen MR) is 76.9 cm³/mol. The van der Waals surface area contributed by atoms with Gasteiger partial charge >= 0.3 is 0 Å². The van der Waals surface area contributed by atoms with Crippen LogP contribution in [0.1, 0.15) is 73.6 Å². The van der Waals surface area contributed by atoms with Gasteiger partial charge in [-0.3, -0.25) is 0 Å². The van der Waals surface area contributed by atoms with Gasteiger partial charge in [0.05, 0.1) is 17.8 Å². The Morgan fingerprint density at radius 3 is 1.83 bits per heavy atom. The minimum atomic E-state index is -0.00942. The molecule has 0 aromatic carbocycles. The van der Waals surface area contributed by atoms with Crippen LogP contribution in [0, 0.1) is 5.41 Å². The maximum Gasteiger partial charge on any atom is 0.0598 e. The monoisotopic (exact) mass is 256 g/mol. The zero-order valence-electron chi connectivity index (χ0n) is 13.3. The molecule has 0 aromatic rings. The smallest absolute Gasteiger partial charge is 0.0598 e. The van der Waals surface area contributed by atoms with Gasteiger partial charge in [0.15, 0.2) is 0 Å². The molecule has 0 spiro atoms. The van der Waals surface area contributed by atoms with Crippen LogP contribution in [0.5, 0.6) is 0 Å². The topological polar surface area (TPSA) is 18.5 Å². The van der Waals surface area contributed by atoms with E-state index in [0.29, 0.717) is 5.41 Å². The number of rotatable bonds is 6. The highest BCUT2D eigenvalue weighted by atomic mass is 16.5. The molecule has 0 unspecified atom stereocenters. The lowest BCUT2D eigenvalue weighted by Crippen LogP contribution is -2.38. The van der Waals surface area contributed by atoms with Crippen LogP contribution in [0.15, 0.2) is 0 Å². The lowest BCUT2D eigenvalue weighted by Gasteiger charge is -2.43. The summed E-state index contributed by atoms with van der Waals surface area (Å²) in [6.07, 6.45) is 6.44. The summed E-state index contributed by atoms with van der Waals surface area (Å²) in [6.45, 7) is 14.6. The average molecular weight is 256 g/mol. The first-order valence-electron chi connectivity index (χ1n) is 7.40. The van der Waals surface area contributed by atoms with E-state index in [2.05, 4.69) is 41.5 Å². The summed E-state index contributed by atoms with van der Waals surface area (Å²) in [5.41, 5.74) is 0.438. The fraction of sp³-hybridized carbons (Fsp3) is 1.00. The summed E-state index contributed by atoms with van der Waals surface area (Å²) < 4.78 is 11.8. The summed E-state index contributed by atoms with van der Waals surface area (Å²) in [5.74, 6) is 0. The molecule has 1 aliphatic rings. The fourth-order valence-corrected chi connectivity index (χ4v) is 2.34. The van der Waals surface area contributed by atoms with Crippen molar-refractivity contribution in [3.05, 3.63) is 0 Å². The van der Waals surface area contributed by atoms with E-state index in [1.807, 2.05) is 0 Å². The van der Waals surface area contributed by atoms with Crippen molar-refractivity contribution in [1.29, 1.82) is 0 Å². The van der Waals surface area contributed by atoms with Gasteiger partial charge in [-0.2, -0.15) is 0 Å². The highest BCUT2D eigenvalue weighted by molar-refractivity contribution is 4.88. The van der Waals surface area contributed by atoms with Gasteiger partial charge in [-0.1, -0.05) is 6.42 Å². The second-order valence-corrected chi connectivity index (χ2v) is 7.82. The molecular weight excluding hydrogens is 224 g/mol. The summed E-state index contributed by atoms with van der Waals surface area (Å²) in [7, 11) is 0. The predicted octanol–water partition coefficient (Wildman–Crippen LogP) is 4.57. The van der Waals surface area contributed by atoms with Gasteiger partial charge in [0, 0.05) is 6.61 Å². The minimum absolute atomic E-state index is 0.00527. The van der Waals surface area contributed by atoms with Crippen LogP contribution in [0.3, 0.4) is 0 Å². The molecule has 18 heavy (non-hydrogen) atoms. The molecule has 0 atom stereocenters.